The SMILES string of the molecule is C1CCNCC1.OC1(c2cccc3ccccc23)CCN(Cc2ccccc2)CC1. The van der Waals surface area contributed by atoms with Crippen LogP contribution >= 0.6 is 0 Å². The van der Waals surface area contributed by atoms with Gasteiger partial charge < -0.3 is 10.4 Å². The van der Waals surface area contributed by atoms with Crippen molar-refractivity contribution in [3.8, 4) is 0 Å². The number of likely N-dealkylation sites (tertiary alicyclic amines) is 1. The number of benzene rings is 3. The van der Waals surface area contributed by atoms with Crippen LogP contribution in [0.5, 0.6) is 0 Å². The molecule has 2 fully saturated rings. The van der Waals surface area contributed by atoms with Gasteiger partial charge in [-0.2, -0.15) is 0 Å². The fraction of sp³-hybridized carbons (Fsp3) is 0.407. The summed E-state index contributed by atoms with van der Waals surface area (Å²) in [5.41, 5.74) is 1.71. The van der Waals surface area contributed by atoms with E-state index in [0.717, 1.165) is 38.0 Å². The average Bonchev–Trinajstić information content (AvgIpc) is 2.82. The zero-order valence-electron chi connectivity index (χ0n) is 17.9. The van der Waals surface area contributed by atoms with Crippen LogP contribution in [0.25, 0.3) is 10.8 Å². The van der Waals surface area contributed by atoms with Crippen LogP contribution in [0.4, 0.5) is 0 Å². The number of aliphatic hydroxyl groups is 1. The Hall–Kier alpha value is -2.20. The fourth-order valence-electron chi connectivity index (χ4n) is 4.62. The lowest BCUT2D eigenvalue weighted by atomic mass is 9.82. The van der Waals surface area contributed by atoms with E-state index < -0.39 is 5.60 Å². The molecule has 5 rings (SSSR count). The fourth-order valence-corrected chi connectivity index (χ4v) is 4.62. The number of rotatable bonds is 3. The molecule has 3 aromatic rings. The highest BCUT2D eigenvalue weighted by molar-refractivity contribution is 5.86. The van der Waals surface area contributed by atoms with Crippen molar-refractivity contribution >= 4 is 10.8 Å². The topological polar surface area (TPSA) is 35.5 Å². The van der Waals surface area contributed by atoms with Gasteiger partial charge in [-0.3, -0.25) is 4.90 Å². The predicted octanol–water partition coefficient (Wildman–Crippen LogP) is 5.08. The van der Waals surface area contributed by atoms with Crippen LogP contribution < -0.4 is 5.32 Å². The molecular weight excluding hydrogens is 368 g/mol. The van der Waals surface area contributed by atoms with Crippen molar-refractivity contribution in [1.29, 1.82) is 0 Å². The van der Waals surface area contributed by atoms with Gasteiger partial charge >= 0.3 is 0 Å². The van der Waals surface area contributed by atoms with E-state index in [1.54, 1.807) is 0 Å². The Morgan fingerprint density at radius 3 is 2.10 bits per heavy atom. The minimum atomic E-state index is -0.714. The molecule has 0 atom stereocenters. The Balaban J connectivity index is 0.000000313. The van der Waals surface area contributed by atoms with Crippen molar-refractivity contribution in [3.63, 3.8) is 0 Å². The van der Waals surface area contributed by atoms with Gasteiger partial charge in [-0.1, -0.05) is 79.2 Å². The summed E-state index contributed by atoms with van der Waals surface area (Å²) >= 11 is 0. The third-order valence-electron chi connectivity index (χ3n) is 6.43. The second-order valence-electron chi connectivity index (χ2n) is 8.63. The molecule has 2 N–H and O–H groups in total. The monoisotopic (exact) mass is 402 g/mol. The van der Waals surface area contributed by atoms with Gasteiger partial charge in [0.1, 0.15) is 0 Å². The molecule has 2 heterocycles. The van der Waals surface area contributed by atoms with Crippen molar-refractivity contribution in [1.82, 2.24) is 10.2 Å². The molecule has 30 heavy (non-hydrogen) atoms. The van der Waals surface area contributed by atoms with Crippen LogP contribution in [0, 0.1) is 0 Å². The first-order valence-electron chi connectivity index (χ1n) is 11.4. The second-order valence-corrected chi connectivity index (χ2v) is 8.63. The molecule has 0 bridgehead atoms. The molecular formula is C27H34N2O. The first-order valence-corrected chi connectivity index (χ1v) is 11.4. The zero-order chi connectivity index (χ0) is 20.7. The molecule has 2 saturated heterocycles. The van der Waals surface area contributed by atoms with E-state index in [1.165, 1.54) is 48.7 Å². The third kappa shape index (κ3) is 5.28. The Morgan fingerprint density at radius 2 is 1.43 bits per heavy atom. The standard InChI is InChI=1S/C22H23NO.C5H11N/c24-22(21-12-6-10-19-9-4-5-11-20(19)21)13-15-23(16-14-22)17-18-7-2-1-3-8-18;1-2-4-6-5-3-1/h1-12,24H,13-17H2;6H,1-5H2. The highest BCUT2D eigenvalue weighted by Crippen LogP contribution is 2.37. The van der Waals surface area contributed by atoms with E-state index in [9.17, 15) is 5.11 Å². The second kappa shape index (κ2) is 10.2. The van der Waals surface area contributed by atoms with Gasteiger partial charge in [-0.05, 0) is 60.7 Å². The first kappa shape index (κ1) is 21.0. The minimum Gasteiger partial charge on any atom is -0.385 e. The number of fused-ring (bicyclic) bond motifs is 1. The van der Waals surface area contributed by atoms with Gasteiger partial charge in [0.05, 0.1) is 5.60 Å². The summed E-state index contributed by atoms with van der Waals surface area (Å²) in [6.45, 7) is 5.32. The maximum atomic E-state index is 11.3. The van der Waals surface area contributed by atoms with E-state index in [2.05, 4.69) is 83.0 Å². The molecule has 0 aliphatic carbocycles. The van der Waals surface area contributed by atoms with Crippen molar-refractivity contribution in [3.05, 3.63) is 83.9 Å². The van der Waals surface area contributed by atoms with E-state index in [1.807, 2.05) is 0 Å². The summed E-state index contributed by atoms with van der Waals surface area (Å²) in [5, 5.41) is 17.0. The van der Waals surface area contributed by atoms with Crippen LogP contribution in [0.15, 0.2) is 72.8 Å². The van der Waals surface area contributed by atoms with Crippen LogP contribution in [-0.4, -0.2) is 36.2 Å². The summed E-state index contributed by atoms with van der Waals surface area (Å²) in [6, 6.07) is 25.2. The van der Waals surface area contributed by atoms with Crippen LogP contribution in [0.3, 0.4) is 0 Å². The van der Waals surface area contributed by atoms with Crippen LogP contribution in [-0.2, 0) is 12.1 Å². The lowest BCUT2D eigenvalue weighted by Gasteiger charge is -2.39. The molecule has 158 valence electrons. The highest BCUT2D eigenvalue weighted by atomic mass is 16.3. The molecule has 0 unspecified atom stereocenters. The minimum absolute atomic E-state index is 0.714. The van der Waals surface area contributed by atoms with Gasteiger partial charge in [0, 0.05) is 19.6 Å². The molecule has 3 nitrogen and oxygen atoms in total. The van der Waals surface area contributed by atoms with E-state index in [4.69, 9.17) is 0 Å². The van der Waals surface area contributed by atoms with E-state index in [-0.39, 0.29) is 0 Å². The first-order chi connectivity index (χ1) is 14.7. The van der Waals surface area contributed by atoms with Crippen molar-refractivity contribution < 1.29 is 5.11 Å². The van der Waals surface area contributed by atoms with E-state index >= 15 is 0 Å². The average molecular weight is 403 g/mol. The van der Waals surface area contributed by atoms with Crippen molar-refractivity contribution in [2.75, 3.05) is 26.2 Å². The Morgan fingerprint density at radius 1 is 0.767 bits per heavy atom. The molecule has 0 spiro atoms. The number of nitrogens with one attached hydrogen (secondary N) is 1. The quantitative estimate of drug-likeness (QED) is 0.641. The number of hydrogen-bond donors (Lipinski definition) is 2. The molecule has 3 heteroatoms. The summed E-state index contributed by atoms with van der Waals surface area (Å²) < 4.78 is 0. The van der Waals surface area contributed by atoms with Crippen molar-refractivity contribution in [2.45, 2.75) is 44.2 Å². The number of piperidine rings is 2. The van der Waals surface area contributed by atoms with Gasteiger partial charge in [-0.25, -0.2) is 0 Å². The van der Waals surface area contributed by atoms with E-state index in [0.29, 0.717) is 0 Å². The van der Waals surface area contributed by atoms with Gasteiger partial charge in [0.2, 0.25) is 0 Å². The molecule has 0 saturated carbocycles. The summed E-state index contributed by atoms with van der Waals surface area (Å²) in [5.74, 6) is 0. The molecule has 0 aromatic heterocycles. The molecule has 0 amide bonds. The molecule has 2 aliphatic heterocycles. The number of hydrogen-bond acceptors (Lipinski definition) is 3. The summed E-state index contributed by atoms with van der Waals surface area (Å²) in [7, 11) is 0. The lowest BCUT2D eigenvalue weighted by Crippen LogP contribution is -2.42. The smallest absolute Gasteiger partial charge is 0.0926 e. The largest absolute Gasteiger partial charge is 0.385 e. The maximum Gasteiger partial charge on any atom is 0.0926 e. The van der Waals surface area contributed by atoms with Crippen LogP contribution in [0.2, 0.25) is 0 Å². The Labute approximate surface area is 180 Å². The normalized spacial score (nSPS) is 19.1. The Kier molecular flexibility index (Phi) is 7.16. The molecule has 3 aromatic carbocycles. The Bertz CT molecular complexity index is 896. The van der Waals surface area contributed by atoms with Gasteiger partial charge in [-0.15, -0.1) is 0 Å². The third-order valence-corrected chi connectivity index (χ3v) is 6.43. The van der Waals surface area contributed by atoms with Crippen molar-refractivity contribution in [2.24, 2.45) is 0 Å². The number of nitrogens with zero attached hydrogens (tertiary/aromatic N) is 1. The molecule has 2 aliphatic rings. The summed E-state index contributed by atoms with van der Waals surface area (Å²) in [4.78, 5) is 2.44. The van der Waals surface area contributed by atoms with Crippen LogP contribution in [0.1, 0.15) is 43.2 Å². The van der Waals surface area contributed by atoms with Gasteiger partial charge in [0.25, 0.3) is 0 Å². The highest BCUT2D eigenvalue weighted by Gasteiger charge is 2.34. The maximum absolute atomic E-state index is 11.3. The predicted molar refractivity (Wildman–Crippen MR) is 126 cm³/mol. The lowest BCUT2D eigenvalue weighted by molar-refractivity contribution is -0.0265. The molecule has 0 radical (unpaired) electrons. The van der Waals surface area contributed by atoms with Gasteiger partial charge in [0.15, 0.2) is 0 Å². The zero-order valence-corrected chi connectivity index (χ0v) is 17.9. The summed E-state index contributed by atoms with van der Waals surface area (Å²) in [6.07, 6.45) is 5.79.